The fraction of sp³-hybridized carbons (Fsp3) is 0.526. The van der Waals surface area contributed by atoms with Gasteiger partial charge in [-0.15, -0.1) is 10.2 Å². The summed E-state index contributed by atoms with van der Waals surface area (Å²) in [4.78, 5) is 7.14. The second kappa shape index (κ2) is 6.48. The molecule has 0 radical (unpaired) electrons. The highest BCUT2D eigenvalue weighted by molar-refractivity contribution is 5.48. The number of nitrogens with zero attached hydrogens (tertiary/aromatic N) is 6. The Hall–Kier alpha value is -2.25. The van der Waals surface area contributed by atoms with Crippen molar-refractivity contribution in [2.45, 2.75) is 45.3 Å². The van der Waals surface area contributed by atoms with Crippen molar-refractivity contribution in [1.82, 2.24) is 34.4 Å². The number of aromatic nitrogens is 5. The first kappa shape index (κ1) is 16.0. The summed E-state index contributed by atoms with van der Waals surface area (Å²) in [7, 11) is 0. The highest BCUT2D eigenvalue weighted by atomic mass is 15.3. The van der Waals surface area contributed by atoms with Crippen molar-refractivity contribution < 1.29 is 0 Å². The molecule has 26 heavy (non-hydrogen) atoms. The molecule has 0 aliphatic carbocycles. The average Bonchev–Trinajstić information content (AvgIpc) is 3.28. The molecular formula is C19H25N7. The molecule has 5 rings (SSSR count). The topological polar surface area (TPSA) is 63.3 Å². The smallest absolute Gasteiger partial charge is 0.147 e. The number of likely N-dealkylation sites (tertiary alicyclic amines) is 1. The second-order valence-corrected chi connectivity index (χ2v) is 7.49. The van der Waals surface area contributed by atoms with Gasteiger partial charge >= 0.3 is 0 Å². The van der Waals surface area contributed by atoms with Gasteiger partial charge in [0.05, 0.1) is 18.4 Å². The van der Waals surface area contributed by atoms with Crippen LogP contribution < -0.4 is 5.32 Å². The molecule has 0 unspecified atom stereocenters. The molecule has 3 aromatic rings. The van der Waals surface area contributed by atoms with E-state index >= 15 is 0 Å². The van der Waals surface area contributed by atoms with Crippen LogP contribution in [0.1, 0.15) is 41.7 Å². The molecule has 136 valence electrons. The van der Waals surface area contributed by atoms with E-state index in [9.17, 15) is 0 Å². The SMILES string of the molecule is Cc1cccn2c(CN3CCC(c4nnc5n4CCNC5)CC3)cnc12. The van der Waals surface area contributed by atoms with Crippen molar-refractivity contribution >= 4 is 5.65 Å². The molecule has 1 saturated heterocycles. The van der Waals surface area contributed by atoms with E-state index in [1.54, 1.807) is 0 Å². The third kappa shape index (κ3) is 2.71. The van der Waals surface area contributed by atoms with Gasteiger partial charge in [0.1, 0.15) is 17.3 Å². The molecule has 0 aromatic carbocycles. The Morgan fingerprint density at radius 3 is 2.96 bits per heavy atom. The zero-order valence-electron chi connectivity index (χ0n) is 15.2. The molecule has 7 nitrogen and oxygen atoms in total. The molecule has 7 heteroatoms. The fourth-order valence-corrected chi connectivity index (χ4v) is 4.31. The van der Waals surface area contributed by atoms with Crippen LogP contribution in [0.4, 0.5) is 0 Å². The van der Waals surface area contributed by atoms with Crippen molar-refractivity contribution in [3.05, 3.63) is 47.4 Å². The van der Waals surface area contributed by atoms with Crippen molar-refractivity contribution in [2.24, 2.45) is 0 Å². The molecule has 5 heterocycles. The van der Waals surface area contributed by atoms with Gasteiger partial charge < -0.3 is 14.3 Å². The molecule has 1 fully saturated rings. The zero-order chi connectivity index (χ0) is 17.5. The first-order chi connectivity index (χ1) is 12.8. The van der Waals surface area contributed by atoms with Crippen LogP contribution in [0.3, 0.4) is 0 Å². The molecule has 1 N–H and O–H groups in total. The van der Waals surface area contributed by atoms with Gasteiger partial charge in [0.15, 0.2) is 0 Å². The molecule has 0 bridgehead atoms. The van der Waals surface area contributed by atoms with E-state index in [1.165, 1.54) is 17.1 Å². The van der Waals surface area contributed by atoms with E-state index in [0.29, 0.717) is 5.92 Å². The van der Waals surface area contributed by atoms with Crippen LogP contribution in [-0.2, 0) is 19.6 Å². The third-order valence-corrected chi connectivity index (χ3v) is 5.80. The molecule has 2 aliphatic heterocycles. The summed E-state index contributed by atoms with van der Waals surface area (Å²) in [6.07, 6.45) is 6.45. The molecule has 0 spiro atoms. The maximum absolute atomic E-state index is 4.60. The highest BCUT2D eigenvalue weighted by Crippen LogP contribution is 2.28. The van der Waals surface area contributed by atoms with Crippen molar-refractivity contribution in [3.8, 4) is 0 Å². The number of piperidine rings is 1. The van der Waals surface area contributed by atoms with Gasteiger partial charge in [0.2, 0.25) is 0 Å². The predicted octanol–water partition coefficient (Wildman–Crippen LogP) is 1.72. The standard InChI is InChI=1S/C19H25N7/c1-14-3-2-7-25-16(11-21-18(14)25)13-24-8-4-15(5-9-24)19-23-22-17-12-20-6-10-26(17)19/h2-3,7,11,15,20H,4-6,8-10,12-13H2,1H3. The van der Waals surface area contributed by atoms with Crippen LogP contribution in [-0.4, -0.2) is 48.7 Å². The Morgan fingerprint density at radius 1 is 1.19 bits per heavy atom. The minimum Gasteiger partial charge on any atom is -0.312 e. The Morgan fingerprint density at radius 2 is 2.08 bits per heavy atom. The lowest BCUT2D eigenvalue weighted by atomic mass is 9.95. The molecule has 0 atom stereocenters. The number of pyridine rings is 1. The van der Waals surface area contributed by atoms with Crippen LogP contribution in [0.5, 0.6) is 0 Å². The molecule has 0 saturated carbocycles. The summed E-state index contributed by atoms with van der Waals surface area (Å²) in [6.45, 7) is 8.14. The molecule has 2 aliphatic rings. The van der Waals surface area contributed by atoms with E-state index < -0.39 is 0 Å². The summed E-state index contributed by atoms with van der Waals surface area (Å²) in [5.41, 5.74) is 3.57. The van der Waals surface area contributed by atoms with Crippen LogP contribution >= 0.6 is 0 Å². The minimum absolute atomic E-state index is 0.537. The lowest BCUT2D eigenvalue weighted by molar-refractivity contribution is 0.197. The second-order valence-electron chi connectivity index (χ2n) is 7.49. The van der Waals surface area contributed by atoms with Crippen molar-refractivity contribution in [3.63, 3.8) is 0 Å². The zero-order valence-corrected chi connectivity index (χ0v) is 15.2. The summed E-state index contributed by atoms with van der Waals surface area (Å²) >= 11 is 0. The van der Waals surface area contributed by atoms with Gasteiger partial charge in [-0.05, 0) is 44.5 Å². The summed E-state index contributed by atoms with van der Waals surface area (Å²) in [6, 6.07) is 4.22. The minimum atomic E-state index is 0.537. The van der Waals surface area contributed by atoms with Crippen molar-refractivity contribution in [2.75, 3.05) is 19.6 Å². The van der Waals surface area contributed by atoms with E-state index in [0.717, 1.165) is 63.6 Å². The van der Waals surface area contributed by atoms with Crippen LogP contribution in [0.25, 0.3) is 5.65 Å². The molecule has 3 aromatic heterocycles. The quantitative estimate of drug-likeness (QED) is 0.778. The fourth-order valence-electron chi connectivity index (χ4n) is 4.31. The first-order valence-corrected chi connectivity index (χ1v) is 9.56. The van der Waals surface area contributed by atoms with Gasteiger partial charge in [0, 0.05) is 31.7 Å². The summed E-state index contributed by atoms with van der Waals surface area (Å²) in [5, 5.41) is 12.3. The number of nitrogens with one attached hydrogen (secondary N) is 1. The van der Waals surface area contributed by atoms with E-state index in [4.69, 9.17) is 0 Å². The Bertz CT molecular complexity index is 917. The van der Waals surface area contributed by atoms with E-state index in [-0.39, 0.29) is 0 Å². The van der Waals surface area contributed by atoms with Crippen LogP contribution in [0.2, 0.25) is 0 Å². The number of hydrogen-bond donors (Lipinski definition) is 1. The van der Waals surface area contributed by atoms with Crippen molar-refractivity contribution in [1.29, 1.82) is 0 Å². The maximum atomic E-state index is 4.60. The first-order valence-electron chi connectivity index (χ1n) is 9.56. The lowest BCUT2D eigenvalue weighted by Gasteiger charge is -2.31. The Balaban J connectivity index is 1.27. The van der Waals surface area contributed by atoms with E-state index in [1.807, 2.05) is 6.20 Å². The number of aryl methyl sites for hydroxylation is 1. The summed E-state index contributed by atoms with van der Waals surface area (Å²) in [5.74, 6) is 2.83. The van der Waals surface area contributed by atoms with E-state index in [2.05, 4.69) is 59.6 Å². The lowest BCUT2D eigenvalue weighted by Crippen LogP contribution is -2.35. The Kier molecular flexibility index (Phi) is 3.98. The highest BCUT2D eigenvalue weighted by Gasteiger charge is 2.27. The number of hydrogen-bond acceptors (Lipinski definition) is 5. The third-order valence-electron chi connectivity index (χ3n) is 5.80. The molecule has 0 amide bonds. The largest absolute Gasteiger partial charge is 0.312 e. The van der Waals surface area contributed by atoms with Gasteiger partial charge in [-0.2, -0.15) is 0 Å². The number of fused-ring (bicyclic) bond motifs is 2. The van der Waals surface area contributed by atoms with Crippen LogP contribution in [0, 0.1) is 6.92 Å². The van der Waals surface area contributed by atoms with Gasteiger partial charge in [-0.25, -0.2) is 4.98 Å². The predicted molar refractivity (Wildman–Crippen MR) is 98.9 cm³/mol. The van der Waals surface area contributed by atoms with Gasteiger partial charge in [-0.1, -0.05) is 6.07 Å². The van der Waals surface area contributed by atoms with Gasteiger partial charge in [-0.3, -0.25) is 4.90 Å². The van der Waals surface area contributed by atoms with Crippen LogP contribution in [0.15, 0.2) is 24.5 Å². The monoisotopic (exact) mass is 351 g/mol. The van der Waals surface area contributed by atoms with Gasteiger partial charge in [0.25, 0.3) is 0 Å². The molecular weight excluding hydrogens is 326 g/mol. The normalized spacial score (nSPS) is 19.1. The summed E-state index contributed by atoms with van der Waals surface area (Å²) < 4.78 is 4.56. The number of rotatable bonds is 3. The Labute approximate surface area is 153 Å². The maximum Gasteiger partial charge on any atom is 0.147 e. The average molecular weight is 351 g/mol. The number of imidazole rings is 1.